The van der Waals surface area contributed by atoms with E-state index >= 15 is 0 Å². The van der Waals surface area contributed by atoms with Crippen molar-refractivity contribution in [1.29, 1.82) is 0 Å². The fraction of sp³-hybridized carbons (Fsp3) is 0. The fourth-order valence-electron chi connectivity index (χ4n) is 2.29. The molecule has 3 aromatic rings. The molecule has 0 aliphatic rings. The largest absolute Gasteiger partial charge is 0.289 e. The van der Waals surface area contributed by atoms with Gasteiger partial charge in [-0.2, -0.15) is 5.10 Å². The van der Waals surface area contributed by atoms with Gasteiger partial charge in [0.2, 0.25) is 0 Å². The molecule has 0 fully saturated rings. The van der Waals surface area contributed by atoms with Crippen LogP contribution in [0.4, 0.5) is 5.69 Å². The molecule has 0 saturated heterocycles. The second kappa shape index (κ2) is 8.13. The highest BCUT2D eigenvalue weighted by Gasteiger charge is 2.17. The molecule has 0 saturated carbocycles. The Morgan fingerprint density at radius 2 is 1.78 bits per heavy atom. The van der Waals surface area contributed by atoms with Gasteiger partial charge in [0, 0.05) is 42.6 Å². The van der Waals surface area contributed by atoms with Crippen molar-refractivity contribution in [2.24, 2.45) is 5.84 Å². The van der Waals surface area contributed by atoms with Crippen LogP contribution < -0.4 is 10.9 Å². The zero-order chi connectivity index (χ0) is 19.4. The lowest BCUT2D eigenvalue weighted by Crippen LogP contribution is -2.24. The molecule has 3 heterocycles. The molecular weight excluding hydrogens is 387 g/mol. The van der Waals surface area contributed by atoms with Gasteiger partial charge in [-0.15, -0.1) is 0 Å². The molecule has 0 spiro atoms. The van der Waals surface area contributed by atoms with Crippen molar-refractivity contribution in [3.8, 4) is 5.69 Å². The Morgan fingerprint density at radius 3 is 2.44 bits per heavy atom. The van der Waals surface area contributed by atoms with Gasteiger partial charge in [0.15, 0.2) is 5.78 Å². The molecule has 136 valence electrons. The zero-order valence-corrected chi connectivity index (χ0v) is 15.5. The van der Waals surface area contributed by atoms with Gasteiger partial charge in [-0.05, 0) is 18.2 Å². The van der Waals surface area contributed by atoms with Crippen LogP contribution in [-0.4, -0.2) is 25.5 Å². The third kappa shape index (κ3) is 4.06. The molecule has 0 atom stereocenters. The quantitative estimate of drug-likeness (QED) is 0.387. The van der Waals surface area contributed by atoms with Gasteiger partial charge >= 0.3 is 0 Å². The Balaban J connectivity index is 1.84. The van der Waals surface area contributed by atoms with Gasteiger partial charge in [-0.3, -0.25) is 19.8 Å². The average molecular weight is 401 g/mol. The molecule has 0 aliphatic heterocycles. The predicted octanol–water partition coefficient (Wildman–Crippen LogP) is 3.45. The lowest BCUT2D eigenvalue weighted by Gasteiger charge is -2.13. The first-order valence-corrected chi connectivity index (χ1v) is 8.44. The highest BCUT2D eigenvalue weighted by molar-refractivity contribution is 6.37. The van der Waals surface area contributed by atoms with Crippen LogP contribution in [0.2, 0.25) is 10.0 Å². The summed E-state index contributed by atoms with van der Waals surface area (Å²) in [4.78, 5) is 20.4. The van der Waals surface area contributed by atoms with Crippen LogP contribution >= 0.6 is 23.2 Å². The lowest BCUT2D eigenvalue weighted by molar-refractivity contribution is -0.109. The van der Waals surface area contributed by atoms with Crippen molar-refractivity contribution < 1.29 is 4.79 Å². The summed E-state index contributed by atoms with van der Waals surface area (Å²) in [5.41, 5.74) is 1.76. The van der Waals surface area contributed by atoms with Crippen LogP contribution in [0, 0.1) is 0 Å². The maximum absolute atomic E-state index is 12.5. The number of aromatic nitrogens is 4. The molecule has 9 heteroatoms. The maximum Gasteiger partial charge on any atom is 0.188 e. The maximum atomic E-state index is 12.5. The van der Waals surface area contributed by atoms with Crippen LogP contribution in [0.3, 0.4) is 0 Å². The number of nitrogens with zero attached hydrogens (tertiary/aromatic N) is 5. The smallest absolute Gasteiger partial charge is 0.188 e. The van der Waals surface area contributed by atoms with Crippen LogP contribution in [0.15, 0.2) is 68.0 Å². The minimum absolute atomic E-state index is 0.204. The second-order valence-electron chi connectivity index (χ2n) is 5.35. The van der Waals surface area contributed by atoms with Crippen molar-refractivity contribution in [2.45, 2.75) is 0 Å². The van der Waals surface area contributed by atoms with Gasteiger partial charge in [0.25, 0.3) is 0 Å². The molecule has 0 bridgehead atoms. The molecule has 0 aliphatic carbocycles. The first-order chi connectivity index (χ1) is 13.0. The number of halogens is 2. The average Bonchev–Trinajstić information content (AvgIpc) is 3.15. The zero-order valence-electron chi connectivity index (χ0n) is 14.0. The Morgan fingerprint density at radius 1 is 1.11 bits per heavy atom. The summed E-state index contributed by atoms with van der Waals surface area (Å²) < 4.78 is 1.45. The van der Waals surface area contributed by atoms with Gasteiger partial charge < -0.3 is 0 Å². The van der Waals surface area contributed by atoms with Crippen molar-refractivity contribution in [1.82, 2.24) is 19.7 Å². The van der Waals surface area contributed by atoms with E-state index in [2.05, 4.69) is 21.6 Å². The monoisotopic (exact) mass is 400 g/mol. The molecule has 0 radical (unpaired) electrons. The first kappa shape index (κ1) is 18.8. The first-order valence-electron chi connectivity index (χ1n) is 7.68. The van der Waals surface area contributed by atoms with E-state index < -0.39 is 0 Å². The van der Waals surface area contributed by atoms with Crippen LogP contribution in [-0.2, 0) is 4.79 Å². The second-order valence-corrected chi connectivity index (χ2v) is 6.17. The van der Waals surface area contributed by atoms with Gasteiger partial charge in [0.1, 0.15) is 5.69 Å². The summed E-state index contributed by atoms with van der Waals surface area (Å²) in [5.74, 6) is 5.56. The summed E-state index contributed by atoms with van der Waals surface area (Å²) in [7, 11) is 0. The number of nitrogens with two attached hydrogens (primary N) is 1. The van der Waals surface area contributed by atoms with Crippen molar-refractivity contribution in [3.63, 3.8) is 0 Å². The van der Waals surface area contributed by atoms with E-state index in [1.165, 1.54) is 40.6 Å². The van der Waals surface area contributed by atoms with Gasteiger partial charge in [-0.25, -0.2) is 10.5 Å². The predicted molar refractivity (Wildman–Crippen MR) is 105 cm³/mol. The fourth-order valence-corrected chi connectivity index (χ4v) is 2.82. The number of anilines is 1. The third-order valence-corrected chi connectivity index (χ3v) is 4.19. The molecule has 0 unspecified atom stereocenters. The molecule has 27 heavy (non-hydrogen) atoms. The minimum Gasteiger partial charge on any atom is -0.289 e. The number of hydrazine groups is 1. The van der Waals surface area contributed by atoms with Gasteiger partial charge in [-0.1, -0.05) is 29.8 Å². The SMILES string of the molecule is C=C(C(=O)/C=C\N(N)c1ccncc1)c1ccnn1-c1c(Cl)cncc1Cl. The van der Waals surface area contributed by atoms with Crippen LogP contribution in [0.1, 0.15) is 5.69 Å². The molecule has 3 rings (SSSR count). The number of rotatable bonds is 6. The topological polar surface area (TPSA) is 89.9 Å². The van der Waals surface area contributed by atoms with Crippen molar-refractivity contribution >= 4 is 40.2 Å². The van der Waals surface area contributed by atoms with E-state index in [-0.39, 0.29) is 11.4 Å². The Kier molecular flexibility index (Phi) is 5.66. The Bertz CT molecular complexity index is 995. The number of pyridine rings is 2. The third-order valence-electron chi connectivity index (χ3n) is 3.64. The number of carbonyl (C=O) groups excluding carboxylic acids is 1. The van der Waals surface area contributed by atoms with E-state index in [4.69, 9.17) is 29.0 Å². The molecule has 0 amide bonds. The standard InChI is InChI=1S/C18H14Cl2N6O/c1-12(17(27)5-9-25(21)13-2-6-22-7-3-13)16-4-8-24-26(16)18-14(19)10-23-11-15(18)20/h2-11H,1,21H2/b9-5-. The number of ketones is 1. The number of allylic oxidation sites excluding steroid dienone is 2. The summed E-state index contributed by atoms with van der Waals surface area (Å²) in [6.45, 7) is 3.86. The Hall–Kier alpha value is -3.00. The van der Waals surface area contributed by atoms with E-state index in [1.54, 1.807) is 30.6 Å². The highest BCUT2D eigenvalue weighted by atomic mass is 35.5. The number of hydrogen-bond acceptors (Lipinski definition) is 6. The molecule has 3 aromatic heterocycles. The van der Waals surface area contributed by atoms with E-state index in [0.717, 1.165) is 0 Å². The lowest BCUT2D eigenvalue weighted by atomic mass is 10.1. The van der Waals surface area contributed by atoms with E-state index in [9.17, 15) is 4.79 Å². The summed E-state index contributed by atoms with van der Waals surface area (Å²) in [6.07, 6.45) is 10.4. The number of carbonyl (C=O) groups is 1. The summed E-state index contributed by atoms with van der Waals surface area (Å²) in [6, 6.07) is 5.07. The van der Waals surface area contributed by atoms with Crippen molar-refractivity contribution in [3.05, 3.63) is 83.8 Å². The Labute approximate surface area is 165 Å². The molecular formula is C18H14Cl2N6O. The summed E-state index contributed by atoms with van der Waals surface area (Å²) in [5, 5.41) is 6.10. The normalized spacial score (nSPS) is 10.9. The molecule has 0 aromatic carbocycles. The van der Waals surface area contributed by atoms with Crippen LogP contribution in [0.5, 0.6) is 0 Å². The van der Waals surface area contributed by atoms with Gasteiger partial charge in [0.05, 0.1) is 27.6 Å². The molecule has 7 nitrogen and oxygen atoms in total. The number of hydrogen-bond donors (Lipinski definition) is 1. The van der Waals surface area contributed by atoms with Crippen molar-refractivity contribution in [2.75, 3.05) is 5.01 Å². The van der Waals surface area contributed by atoms with E-state index in [0.29, 0.717) is 27.1 Å². The summed E-state index contributed by atoms with van der Waals surface area (Å²) >= 11 is 12.4. The highest BCUT2D eigenvalue weighted by Crippen LogP contribution is 2.29. The molecule has 2 N–H and O–H groups in total. The van der Waals surface area contributed by atoms with Crippen LogP contribution in [0.25, 0.3) is 11.3 Å². The van der Waals surface area contributed by atoms with E-state index in [1.807, 2.05) is 0 Å². The minimum atomic E-state index is -0.345.